The van der Waals surface area contributed by atoms with Crippen molar-refractivity contribution in [1.82, 2.24) is 4.90 Å². The SMILES string of the molecule is Cc1cc([C@H](C)N)ccc1OC(C)C(=O)N1CCCC1. The van der Waals surface area contributed by atoms with E-state index in [0.717, 1.165) is 42.8 Å². The van der Waals surface area contributed by atoms with Crippen molar-refractivity contribution in [2.75, 3.05) is 13.1 Å². The third-order valence-electron chi connectivity index (χ3n) is 3.79. The van der Waals surface area contributed by atoms with Crippen LogP contribution in [0.5, 0.6) is 5.75 Å². The normalized spacial score (nSPS) is 17.9. The molecule has 0 spiro atoms. The fourth-order valence-corrected chi connectivity index (χ4v) is 2.52. The van der Waals surface area contributed by atoms with Crippen molar-refractivity contribution in [2.45, 2.75) is 45.8 Å². The molecule has 2 rings (SSSR count). The Morgan fingerprint density at radius 2 is 1.95 bits per heavy atom. The molecule has 0 aliphatic carbocycles. The number of rotatable bonds is 4. The molecule has 2 atom stereocenters. The lowest BCUT2D eigenvalue weighted by atomic mass is 10.1. The monoisotopic (exact) mass is 276 g/mol. The number of aryl methyl sites for hydroxylation is 1. The van der Waals surface area contributed by atoms with Crippen molar-refractivity contribution >= 4 is 5.91 Å². The van der Waals surface area contributed by atoms with E-state index in [2.05, 4.69) is 0 Å². The van der Waals surface area contributed by atoms with Gasteiger partial charge in [0, 0.05) is 19.1 Å². The summed E-state index contributed by atoms with van der Waals surface area (Å²) in [6, 6.07) is 5.89. The molecular weight excluding hydrogens is 252 g/mol. The topological polar surface area (TPSA) is 55.6 Å². The Morgan fingerprint density at radius 3 is 2.50 bits per heavy atom. The minimum atomic E-state index is -0.437. The second-order valence-corrected chi connectivity index (χ2v) is 5.61. The molecule has 1 aromatic carbocycles. The molecular formula is C16H24N2O2. The summed E-state index contributed by atoms with van der Waals surface area (Å²) in [5, 5.41) is 0. The van der Waals surface area contributed by atoms with E-state index in [1.165, 1.54) is 0 Å². The molecule has 110 valence electrons. The van der Waals surface area contributed by atoms with E-state index < -0.39 is 6.10 Å². The smallest absolute Gasteiger partial charge is 0.263 e. The number of carbonyl (C=O) groups is 1. The van der Waals surface area contributed by atoms with Crippen LogP contribution in [0, 0.1) is 6.92 Å². The number of hydrogen-bond donors (Lipinski definition) is 1. The van der Waals surface area contributed by atoms with Crippen LogP contribution in [0.25, 0.3) is 0 Å². The van der Waals surface area contributed by atoms with Crippen LogP contribution in [0.3, 0.4) is 0 Å². The van der Waals surface area contributed by atoms with Gasteiger partial charge in [-0.3, -0.25) is 4.79 Å². The van der Waals surface area contributed by atoms with Crippen LogP contribution in [0.2, 0.25) is 0 Å². The first-order chi connectivity index (χ1) is 9.49. The van der Waals surface area contributed by atoms with Gasteiger partial charge < -0.3 is 15.4 Å². The predicted molar refractivity (Wildman–Crippen MR) is 79.7 cm³/mol. The zero-order valence-corrected chi connectivity index (χ0v) is 12.6. The zero-order valence-electron chi connectivity index (χ0n) is 12.6. The molecule has 1 aromatic rings. The van der Waals surface area contributed by atoms with E-state index in [1.807, 2.05) is 43.9 Å². The van der Waals surface area contributed by atoms with Crippen molar-refractivity contribution in [3.8, 4) is 5.75 Å². The number of ether oxygens (including phenoxy) is 1. The van der Waals surface area contributed by atoms with Crippen LogP contribution < -0.4 is 10.5 Å². The Morgan fingerprint density at radius 1 is 1.30 bits per heavy atom. The summed E-state index contributed by atoms with van der Waals surface area (Å²) >= 11 is 0. The molecule has 2 N–H and O–H groups in total. The third-order valence-corrected chi connectivity index (χ3v) is 3.79. The van der Waals surface area contributed by atoms with Crippen LogP contribution in [0.4, 0.5) is 0 Å². The Kier molecular flexibility index (Phi) is 4.65. The van der Waals surface area contributed by atoms with Gasteiger partial charge in [-0.2, -0.15) is 0 Å². The number of nitrogens with zero attached hydrogens (tertiary/aromatic N) is 1. The maximum Gasteiger partial charge on any atom is 0.263 e. The minimum Gasteiger partial charge on any atom is -0.481 e. The number of likely N-dealkylation sites (tertiary alicyclic amines) is 1. The minimum absolute atomic E-state index is 0.00593. The average molecular weight is 276 g/mol. The van der Waals surface area contributed by atoms with Gasteiger partial charge in [0.15, 0.2) is 6.10 Å². The molecule has 20 heavy (non-hydrogen) atoms. The number of carbonyl (C=O) groups excluding carboxylic acids is 1. The second kappa shape index (κ2) is 6.27. The number of amides is 1. The zero-order chi connectivity index (χ0) is 14.7. The first-order valence-electron chi connectivity index (χ1n) is 7.30. The highest BCUT2D eigenvalue weighted by Gasteiger charge is 2.24. The lowest BCUT2D eigenvalue weighted by molar-refractivity contribution is -0.136. The number of nitrogens with two attached hydrogens (primary N) is 1. The van der Waals surface area contributed by atoms with E-state index in [4.69, 9.17) is 10.5 Å². The Balaban J connectivity index is 2.03. The van der Waals surface area contributed by atoms with E-state index in [9.17, 15) is 4.79 Å². The largest absolute Gasteiger partial charge is 0.481 e. The summed E-state index contributed by atoms with van der Waals surface area (Å²) in [6.45, 7) is 7.47. The summed E-state index contributed by atoms with van der Waals surface area (Å²) < 4.78 is 5.82. The molecule has 0 aromatic heterocycles. The van der Waals surface area contributed by atoms with Crippen LogP contribution in [-0.2, 0) is 4.79 Å². The highest BCUT2D eigenvalue weighted by atomic mass is 16.5. The Hall–Kier alpha value is -1.55. The van der Waals surface area contributed by atoms with Gasteiger partial charge in [-0.15, -0.1) is 0 Å². The summed E-state index contributed by atoms with van der Waals surface area (Å²) in [7, 11) is 0. The predicted octanol–water partition coefficient (Wildman–Crippen LogP) is 2.40. The maximum atomic E-state index is 12.2. The highest BCUT2D eigenvalue weighted by molar-refractivity contribution is 5.81. The highest BCUT2D eigenvalue weighted by Crippen LogP contribution is 2.23. The molecule has 1 amide bonds. The fourth-order valence-electron chi connectivity index (χ4n) is 2.52. The van der Waals surface area contributed by atoms with Crippen molar-refractivity contribution in [3.63, 3.8) is 0 Å². The lowest BCUT2D eigenvalue weighted by Gasteiger charge is -2.22. The molecule has 4 heteroatoms. The molecule has 1 heterocycles. The van der Waals surface area contributed by atoms with Crippen LogP contribution in [0.1, 0.15) is 43.9 Å². The Bertz CT molecular complexity index is 479. The first-order valence-corrected chi connectivity index (χ1v) is 7.30. The summed E-state index contributed by atoms with van der Waals surface area (Å²) in [5.41, 5.74) is 7.96. The van der Waals surface area contributed by atoms with E-state index in [0.29, 0.717) is 0 Å². The van der Waals surface area contributed by atoms with Gasteiger partial charge in [0.1, 0.15) is 5.75 Å². The summed E-state index contributed by atoms with van der Waals surface area (Å²) in [6.07, 6.45) is 1.76. The molecule has 1 unspecified atom stereocenters. The van der Waals surface area contributed by atoms with Crippen LogP contribution in [0.15, 0.2) is 18.2 Å². The van der Waals surface area contributed by atoms with E-state index in [1.54, 1.807) is 0 Å². The summed E-state index contributed by atoms with van der Waals surface area (Å²) in [4.78, 5) is 14.1. The maximum absolute atomic E-state index is 12.2. The van der Waals surface area contributed by atoms with Gasteiger partial charge in [0.25, 0.3) is 5.91 Å². The average Bonchev–Trinajstić information content (AvgIpc) is 2.93. The molecule has 1 fully saturated rings. The molecule has 0 radical (unpaired) electrons. The first kappa shape index (κ1) is 14.9. The van der Waals surface area contributed by atoms with Crippen molar-refractivity contribution < 1.29 is 9.53 Å². The molecule has 4 nitrogen and oxygen atoms in total. The van der Waals surface area contributed by atoms with Gasteiger partial charge in [-0.05, 0) is 50.8 Å². The van der Waals surface area contributed by atoms with Crippen molar-refractivity contribution in [2.24, 2.45) is 5.73 Å². The molecule has 1 saturated heterocycles. The van der Waals surface area contributed by atoms with Crippen LogP contribution in [-0.4, -0.2) is 30.0 Å². The van der Waals surface area contributed by atoms with Gasteiger partial charge in [0.2, 0.25) is 0 Å². The molecule has 0 bridgehead atoms. The quantitative estimate of drug-likeness (QED) is 0.918. The second-order valence-electron chi connectivity index (χ2n) is 5.61. The van der Waals surface area contributed by atoms with Gasteiger partial charge in [0.05, 0.1) is 0 Å². The summed E-state index contributed by atoms with van der Waals surface area (Å²) in [5.74, 6) is 0.840. The number of benzene rings is 1. The standard InChI is InChI=1S/C16H24N2O2/c1-11-10-14(12(2)17)6-7-15(11)20-13(3)16(19)18-8-4-5-9-18/h6-7,10,12-13H,4-5,8-9,17H2,1-3H3/t12-,13?/m0/s1. The molecule has 0 saturated carbocycles. The third kappa shape index (κ3) is 3.31. The van der Waals surface area contributed by atoms with E-state index in [-0.39, 0.29) is 11.9 Å². The van der Waals surface area contributed by atoms with Gasteiger partial charge in [-0.25, -0.2) is 0 Å². The van der Waals surface area contributed by atoms with Crippen LogP contribution >= 0.6 is 0 Å². The molecule has 1 aliphatic heterocycles. The Labute approximate surface area is 120 Å². The van der Waals surface area contributed by atoms with Gasteiger partial charge in [-0.1, -0.05) is 12.1 Å². The van der Waals surface area contributed by atoms with Gasteiger partial charge >= 0.3 is 0 Å². The van der Waals surface area contributed by atoms with Crippen molar-refractivity contribution in [1.29, 1.82) is 0 Å². The molecule has 1 aliphatic rings. The number of hydrogen-bond acceptors (Lipinski definition) is 3. The lowest BCUT2D eigenvalue weighted by Crippen LogP contribution is -2.38. The fraction of sp³-hybridized carbons (Fsp3) is 0.562. The van der Waals surface area contributed by atoms with E-state index >= 15 is 0 Å². The van der Waals surface area contributed by atoms with Crippen molar-refractivity contribution in [3.05, 3.63) is 29.3 Å².